The molecule has 0 aliphatic heterocycles. The summed E-state index contributed by atoms with van der Waals surface area (Å²) in [6, 6.07) is 7.69. The minimum atomic E-state index is 0.0521. The number of aliphatic hydroxyl groups excluding tert-OH is 1. The molecule has 0 atom stereocenters. The smallest absolute Gasteiger partial charge is 0.119 e. The van der Waals surface area contributed by atoms with E-state index in [4.69, 9.17) is 9.84 Å². The van der Waals surface area contributed by atoms with E-state index in [1.807, 2.05) is 38.4 Å². The van der Waals surface area contributed by atoms with Crippen LogP contribution in [0.4, 0.5) is 0 Å². The molecule has 1 aromatic carbocycles. The summed E-state index contributed by atoms with van der Waals surface area (Å²) in [5.41, 5.74) is 1.00. The van der Waals surface area contributed by atoms with Gasteiger partial charge in [-0.05, 0) is 37.9 Å². The zero-order chi connectivity index (χ0) is 12.7. The van der Waals surface area contributed by atoms with Crippen LogP contribution in [0, 0.1) is 0 Å². The SMILES string of the molecule is C=C(O)/C=C/c1ccc(OCCN(C)C)cc1. The van der Waals surface area contributed by atoms with Crippen molar-refractivity contribution in [3.05, 3.63) is 48.2 Å². The van der Waals surface area contributed by atoms with Crippen molar-refractivity contribution in [1.29, 1.82) is 0 Å². The molecule has 0 fully saturated rings. The minimum Gasteiger partial charge on any atom is -0.509 e. The van der Waals surface area contributed by atoms with Crippen LogP contribution in [-0.4, -0.2) is 37.3 Å². The summed E-state index contributed by atoms with van der Waals surface area (Å²) in [5.74, 6) is 0.906. The van der Waals surface area contributed by atoms with E-state index in [0.29, 0.717) is 6.61 Å². The van der Waals surface area contributed by atoms with Gasteiger partial charge in [-0.1, -0.05) is 24.8 Å². The Labute approximate surface area is 103 Å². The van der Waals surface area contributed by atoms with E-state index in [0.717, 1.165) is 17.9 Å². The number of ether oxygens (including phenoxy) is 1. The van der Waals surface area contributed by atoms with E-state index in [9.17, 15) is 0 Å². The van der Waals surface area contributed by atoms with Gasteiger partial charge in [-0.15, -0.1) is 0 Å². The number of hydrogen-bond donors (Lipinski definition) is 1. The second kappa shape index (κ2) is 6.76. The highest BCUT2D eigenvalue weighted by Crippen LogP contribution is 2.13. The third-order valence-corrected chi connectivity index (χ3v) is 2.16. The third-order valence-electron chi connectivity index (χ3n) is 2.16. The van der Waals surface area contributed by atoms with E-state index in [1.54, 1.807) is 12.2 Å². The highest BCUT2D eigenvalue weighted by atomic mass is 16.5. The third kappa shape index (κ3) is 5.78. The predicted molar refractivity (Wildman–Crippen MR) is 71.3 cm³/mol. The zero-order valence-corrected chi connectivity index (χ0v) is 10.4. The van der Waals surface area contributed by atoms with Gasteiger partial charge in [0.15, 0.2) is 0 Å². The van der Waals surface area contributed by atoms with Gasteiger partial charge in [-0.3, -0.25) is 0 Å². The summed E-state index contributed by atoms with van der Waals surface area (Å²) in [5, 5.41) is 8.93. The van der Waals surface area contributed by atoms with E-state index in [-0.39, 0.29) is 5.76 Å². The van der Waals surface area contributed by atoms with Crippen molar-refractivity contribution < 1.29 is 9.84 Å². The van der Waals surface area contributed by atoms with E-state index in [1.165, 1.54) is 0 Å². The molecule has 92 valence electrons. The van der Waals surface area contributed by atoms with Gasteiger partial charge in [-0.2, -0.15) is 0 Å². The molecule has 1 N–H and O–H groups in total. The fourth-order valence-electron chi connectivity index (χ4n) is 1.21. The highest BCUT2D eigenvalue weighted by molar-refractivity contribution is 5.52. The number of nitrogens with zero attached hydrogens (tertiary/aromatic N) is 1. The summed E-state index contributed by atoms with van der Waals surface area (Å²) in [4.78, 5) is 2.07. The molecule has 1 aromatic rings. The van der Waals surface area contributed by atoms with Crippen LogP contribution in [0.2, 0.25) is 0 Å². The molecule has 0 heterocycles. The van der Waals surface area contributed by atoms with Gasteiger partial charge in [0.05, 0.1) is 0 Å². The van der Waals surface area contributed by atoms with E-state index >= 15 is 0 Å². The van der Waals surface area contributed by atoms with Crippen LogP contribution in [0.1, 0.15) is 5.56 Å². The van der Waals surface area contributed by atoms with Crippen LogP contribution in [0.3, 0.4) is 0 Å². The number of hydrogen-bond acceptors (Lipinski definition) is 3. The van der Waals surface area contributed by atoms with Crippen LogP contribution >= 0.6 is 0 Å². The summed E-state index contributed by atoms with van der Waals surface area (Å²) in [7, 11) is 4.03. The van der Waals surface area contributed by atoms with Crippen LogP contribution in [0.15, 0.2) is 42.7 Å². The molecule has 0 spiro atoms. The van der Waals surface area contributed by atoms with Crippen molar-refractivity contribution in [3.63, 3.8) is 0 Å². The second-order valence-electron chi connectivity index (χ2n) is 4.05. The molecular formula is C14H19NO2. The summed E-state index contributed by atoms with van der Waals surface area (Å²) in [6.07, 6.45) is 3.36. The van der Waals surface area contributed by atoms with Crippen LogP contribution in [0.25, 0.3) is 6.08 Å². The van der Waals surface area contributed by atoms with Crippen LogP contribution in [-0.2, 0) is 0 Å². The molecular weight excluding hydrogens is 214 g/mol. The number of benzene rings is 1. The molecule has 0 aromatic heterocycles. The lowest BCUT2D eigenvalue weighted by atomic mass is 10.2. The quantitative estimate of drug-likeness (QED) is 0.605. The van der Waals surface area contributed by atoms with Crippen molar-refractivity contribution in [2.75, 3.05) is 27.2 Å². The predicted octanol–water partition coefficient (Wildman–Crippen LogP) is 2.71. The van der Waals surface area contributed by atoms with Gasteiger partial charge < -0.3 is 14.7 Å². The lowest BCUT2D eigenvalue weighted by Crippen LogP contribution is -2.19. The Morgan fingerprint density at radius 3 is 2.53 bits per heavy atom. The molecule has 3 nitrogen and oxygen atoms in total. The molecule has 0 amide bonds. The molecule has 0 saturated carbocycles. The average Bonchev–Trinajstić information content (AvgIpc) is 2.27. The molecule has 17 heavy (non-hydrogen) atoms. The van der Waals surface area contributed by atoms with Crippen molar-refractivity contribution in [2.45, 2.75) is 0 Å². The molecule has 0 unspecified atom stereocenters. The first-order valence-electron chi connectivity index (χ1n) is 5.51. The fraction of sp³-hybridized carbons (Fsp3) is 0.286. The van der Waals surface area contributed by atoms with E-state index < -0.39 is 0 Å². The average molecular weight is 233 g/mol. The maximum absolute atomic E-state index is 8.93. The van der Waals surface area contributed by atoms with Gasteiger partial charge in [-0.25, -0.2) is 0 Å². The Morgan fingerprint density at radius 2 is 2.00 bits per heavy atom. The standard InChI is InChI=1S/C14H19NO2/c1-12(16)4-5-13-6-8-14(9-7-13)17-11-10-15(2)3/h4-9,16H,1,10-11H2,2-3H3/b5-4+. The van der Waals surface area contributed by atoms with Crippen LogP contribution < -0.4 is 4.74 Å². The number of aliphatic hydroxyl groups is 1. The van der Waals surface area contributed by atoms with Gasteiger partial charge in [0, 0.05) is 6.54 Å². The summed E-state index contributed by atoms with van der Waals surface area (Å²) >= 11 is 0. The first kappa shape index (κ1) is 13.3. The van der Waals surface area contributed by atoms with E-state index in [2.05, 4.69) is 11.5 Å². The fourth-order valence-corrected chi connectivity index (χ4v) is 1.21. The van der Waals surface area contributed by atoms with Gasteiger partial charge in [0.25, 0.3) is 0 Å². The second-order valence-corrected chi connectivity index (χ2v) is 4.05. The van der Waals surface area contributed by atoms with Crippen molar-refractivity contribution >= 4 is 6.08 Å². The molecule has 3 heteroatoms. The molecule has 0 bridgehead atoms. The highest BCUT2D eigenvalue weighted by Gasteiger charge is 1.94. The Morgan fingerprint density at radius 1 is 1.35 bits per heavy atom. The maximum Gasteiger partial charge on any atom is 0.119 e. The van der Waals surface area contributed by atoms with Crippen molar-refractivity contribution in [1.82, 2.24) is 4.90 Å². The van der Waals surface area contributed by atoms with Gasteiger partial charge in [0.2, 0.25) is 0 Å². The Bertz CT molecular complexity index is 380. The van der Waals surface area contributed by atoms with Gasteiger partial charge >= 0.3 is 0 Å². The van der Waals surface area contributed by atoms with Crippen molar-refractivity contribution in [3.8, 4) is 5.75 Å². The van der Waals surface area contributed by atoms with Crippen molar-refractivity contribution in [2.24, 2.45) is 0 Å². The monoisotopic (exact) mass is 233 g/mol. The molecule has 0 aliphatic carbocycles. The molecule has 0 aliphatic rings. The lowest BCUT2D eigenvalue weighted by Gasteiger charge is -2.10. The lowest BCUT2D eigenvalue weighted by molar-refractivity contribution is 0.261. The minimum absolute atomic E-state index is 0.0521. The summed E-state index contributed by atoms with van der Waals surface area (Å²) < 4.78 is 5.56. The largest absolute Gasteiger partial charge is 0.509 e. The summed E-state index contributed by atoms with van der Waals surface area (Å²) in [6.45, 7) is 4.96. The number of allylic oxidation sites excluding steroid dienone is 1. The topological polar surface area (TPSA) is 32.7 Å². The first-order chi connectivity index (χ1) is 8.08. The Balaban J connectivity index is 2.47. The number of rotatable bonds is 6. The van der Waals surface area contributed by atoms with Crippen LogP contribution in [0.5, 0.6) is 5.75 Å². The Hall–Kier alpha value is -1.74. The Kier molecular flexibility index (Phi) is 5.30. The normalized spacial score (nSPS) is 11.0. The molecule has 0 radical (unpaired) electrons. The number of likely N-dealkylation sites (N-methyl/N-ethyl adjacent to an activating group) is 1. The first-order valence-corrected chi connectivity index (χ1v) is 5.51. The van der Waals surface area contributed by atoms with Gasteiger partial charge in [0.1, 0.15) is 18.1 Å². The molecule has 1 rings (SSSR count). The maximum atomic E-state index is 8.93. The molecule has 0 saturated heterocycles. The zero-order valence-electron chi connectivity index (χ0n) is 10.4.